The van der Waals surface area contributed by atoms with Crippen molar-refractivity contribution in [3.63, 3.8) is 0 Å². The number of aromatic nitrogens is 3. The average molecular weight is 456 g/mol. The number of fused-ring (bicyclic) bond motifs is 1. The summed E-state index contributed by atoms with van der Waals surface area (Å²) in [5, 5.41) is 4.58. The van der Waals surface area contributed by atoms with Crippen molar-refractivity contribution in [2.45, 2.75) is 32.7 Å². The number of anilines is 1. The van der Waals surface area contributed by atoms with Gasteiger partial charge in [-0.2, -0.15) is 5.10 Å². The first kappa shape index (κ1) is 20.7. The molecule has 4 heterocycles. The Kier molecular flexibility index (Phi) is 5.04. The molecule has 2 aliphatic heterocycles. The van der Waals surface area contributed by atoms with Gasteiger partial charge < -0.3 is 9.32 Å². The number of carbonyl (C=O) groups excluding carboxylic acids is 1. The summed E-state index contributed by atoms with van der Waals surface area (Å²) in [5.74, 6) is 1.16. The molecule has 1 saturated heterocycles. The number of hydrogen-bond acceptors (Lipinski definition) is 6. The smallest absolute Gasteiger partial charge is 0.254 e. The zero-order valence-corrected chi connectivity index (χ0v) is 18.9. The summed E-state index contributed by atoms with van der Waals surface area (Å²) < 4.78 is 33.9. The molecule has 0 saturated carbocycles. The number of benzene rings is 1. The van der Waals surface area contributed by atoms with Gasteiger partial charge in [-0.3, -0.25) is 13.8 Å². The van der Waals surface area contributed by atoms with E-state index in [1.165, 1.54) is 4.31 Å². The number of nitrogens with zero attached hydrogens (tertiary/aromatic N) is 5. The number of amides is 1. The highest BCUT2D eigenvalue weighted by atomic mass is 32.2. The second-order valence-corrected chi connectivity index (χ2v) is 10.3. The highest BCUT2D eigenvalue weighted by molar-refractivity contribution is 7.92. The lowest BCUT2D eigenvalue weighted by atomic mass is 10.0. The Labute approximate surface area is 186 Å². The molecule has 0 spiro atoms. The van der Waals surface area contributed by atoms with Gasteiger partial charge in [0.15, 0.2) is 5.69 Å². The molecule has 2 aliphatic rings. The normalized spacial score (nSPS) is 17.9. The molecule has 0 aliphatic carbocycles. The van der Waals surface area contributed by atoms with Crippen LogP contribution < -0.4 is 4.31 Å². The second kappa shape index (κ2) is 7.77. The Balaban J connectivity index is 1.43. The highest BCUT2D eigenvalue weighted by Gasteiger charge is 2.30. The van der Waals surface area contributed by atoms with Gasteiger partial charge in [-0.05, 0) is 38.0 Å². The maximum absolute atomic E-state index is 13.4. The lowest BCUT2D eigenvalue weighted by Gasteiger charge is -2.30. The summed E-state index contributed by atoms with van der Waals surface area (Å²) in [6.07, 6.45) is 3.81. The van der Waals surface area contributed by atoms with Gasteiger partial charge in [-0.15, -0.1) is 0 Å². The average Bonchev–Trinajstić information content (AvgIpc) is 3.35. The van der Waals surface area contributed by atoms with Crippen molar-refractivity contribution in [3.8, 4) is 11.6 Å². The Morgan fingerprint density at radius 1 is 1.19 bits per heavy atom. The first-order chi connectivity index (χ1) is 15.3. The fourth-order valence-corrected chi connectivity index (χ4v) is 6.09. The number of hydrogen-bond donors (Lipinski definition) is 0. The van der Waals surface area contributed by atoms with Gasteiger partial charge in [-0.25, -0.2) is 13.4 Å². The summed E-state index contributed by atoms with van der Waals surface area (Å²) in [6.45, 7) is 3.23. The van der Waals surface area contributed by atoms with Gasteiger partial charge in [0.2, 0.25) is 15.9 Å². The number of oxazole rings is 1. The lowest BCUT2D eigenvalue weighted by Crippen LogP contribution is -2.38. The monoisotopic (exact) mass is 455 g/mol. The van der Waals surface area contributed by atoms with Crippen LogP contribution in [0, 0.1) is 6.92 Å². The molecule has 0 N–H and O–H groups in total. The minimum absolute atomic E-state index is 0.134. The van der Waals surface area contributed by atoms with Crippen molar-refractivity contribution in [2.24, 2.45) is 7.05 Å². The van der Waals surface area contributed by atoms with E-state index in [0.29, 0.717) is 61.1 Å². The molecule has 5 rings (SSSR count). The van der Waals surface area contributed by atoms with Crippen LogP contribution in [0.2, 0.25) is 0 Å². The predicted octanol–water partition coefficient (Wildman–Crippen LogP) is 2.51. The van der Waals surface area contributed by atoms with Crippen LogP contribution in [0.5, 0.6) is 0 Å². The molecule has 0 atom stereocenters. The zero-order valence-electron chi connectivity index (χ0n) is 18.1. The summed E-state index contributed by atoms with van der Waals surface area (Å²) in [5.41, 5.74) is 3.67. The maximum atomic E-state index is 13.4. The molecule has 0 radical (unpaired) electrons. The molecule has 0 unspecified atom stereocenters. The first-order valence-corrected chi connectivity index (χ1v) is 12.3. The van der Waals surface area contributed by atoms with E-state index in [0.717, 1.165) is 17.7 Å². The minimum atomic E-state index is -3.34. The van der Waals surface area contributed by atoms with Crippen molar-refractivity contribution >= 4 is 21.6 Å². The van der Waals surface area contributed by atoms with Crippen LogP contribution in [0.1, 0.15) is 40.2 Å². The number of rotatable bonds is 3. The molecule has 1 amide bonds. The maximum Gasteiger partial charge on any atom is 0.254 e. The Bertz CT molecular complexity index is 1290. The molecule has 168 valence electrons. The van der Waals surface area contributed by atoms with Crippen LogP contribution in [0.4, 0.5) is 5.69 Å². The van der Waals surface area contributed by atoms with Crippen LogP contribution in [-0.2, 0) is 30.0 Å². The first-order valence-electron chi connectivity index (χ1n) is 10.7. The lowest BCUT2D eigenvalue weighted by molar-refractivity contribution is 0.0733. The van der Waals surface area contributed by atoms with Crippen LogP contribution in [0.25, 0.3) is 11.6 Å². The van der Waals surface area contributed by atoms with E-state index in [9.17, 15) is 13.2 Å². The molecular weight excluding hydrogens is 430 g/mol. The van der Waals surface area contributed by atoms with Gasteiger partial charge in [0.05, 0.1) is 24.2 Å². The van der Waals surface area contributed by atoms with Gasteiger partial charge in [0, 0.05) is 43.4 Å². The number of aryl methyl sites for hydroxylation is 2. The fraction of sp³-hybridized carbons (Fsp3) is 0.409. The molecule has 9 nitrogen and oxygen atoms in total. The van der Waals surface area contributed by atoms with E-state index in [1.54, 1.807) is 35.4 Å². The van der Waals surface area contributed by atoms with E-state index >= 15 is 0 Å². The summed E-state index contributed by atoms with van der Waals surface area (Å²) in [6, 6.07) is 6.91. The van der Waals surface area contributed by atoms with Gasteiger partial charge in [0.1, 0.15) is 5.76 Å². The van der Waals surface area contributed by atoms with Crippen LogP contribution in [-0.4, -0.2) is 52.8 Å². The quantitative estimate of drug-likeness (QED) is 0.601. The summed E-state index contributed by atoms with van der Waals surface area (Å²) in [7, 11) is -1.45. The van der Waals surface area contributed by atoms with Crippen molar-refractivity contribution in [1.82, 2.24) is 19.7 Å². The predicted molar refractivity (Wildman–Crippen MR) is 119 cm³/mol. The van der Waals surface area contributed by atoms with Crippen LogP contribution in [0.15, 0.2) is 34.9 Å². The Morgan fingerprint density at radius 2 is 2.03 bits per heavy atom. The standard InChI is InChI=1S/C22H25N5O4S/c1-15-13-23-21(31-15)20-18-14-26(10-8-19(18)25(2)24-20)22(28)16-6-5-7-17(12-16)27-9-3-4-11-32(27,29)30/h5-7,12-13H,3-4,8-11,14H2,1-2H3. The largest absolute Gasteiger partial charge is 0.440 e. The molecule has 0 bridgehead atoms. The fourth-order valence-electron chi connectivity index (χ4n) is 4.46. The third-order valence-electron chi connectivity index (χ3n) is 6.08. The molecule has 1 fully saturated rings. The third-order valence-corrected chi connectivity index (χ3v) is 7.95. The SMILES string of the molecule is Cc1cnc(-c2nn(C)c3c2CN(C(=O)c2cccc(N4CCCCS4(=O)=O)c2)CC3)o1. The molecule has 3 aromatic rings. The van der Waals surface area contributed by atoms with E-state index in [2.05, 4.69) is 10.1 Å². The molecule has 1 aromatic carbocycles. The summed E-state index contributed by atoms with van der Waals surface area (Å²) in [4.78, 5) is 19.4. The van der Waals surface area contributed by atoms with Gasteiger partial charge >= 0.3 is 0 Å². The van der Waals surface area contributed by atoms with Crippen molar-refractivity contribution in [3.05, 3.63) is 53.0 Å². The Hall–Kier alpha value is -3.14. The molecular formula is C22H25N5O4S. The van der Waals surface area contributed by atoms with E-state index in [4.69, 9.17) is 4.42 Å². The number of sulfonamides is 1. The molecule has 10 heteroatoms. The Morgan fingerprint density at radius 3 is 2.78 bits per heavy atom. The number of carbonyl (C=O) groups is 1. The van der Waals surface area contributed by atoms with Crippen molar-refractivity contribution < 1.29 is 17.6 Å². The van der Waals surface area contributed by atoms with Crippen molar-refractivity contribution in [1.29, 1.82) is 0 Å². The zero-order chi connectivity index (χ0) is 22.5. The second-order valence-electron chi connectivity index (χ2n) is 8.30. The van der Waals surface area contributed by atoms with Crippen molar-refractivity contribution in [2.75, 3.05) is 23.1 Å². The van der Waals surface area contributed by atoms with E-state index in [-0.39, 0.29) is 11.7 Å². The van der Waals surface area contributed by atoms with Crippen LogP contribution in [0.3, 0.4) is 0 Å². The molecule has 32 heavy (non-hydrogen) atoms. The van der Waals surface area contributed by atoms with E-state index in [1.807, 2.05) is 18.7 Å². The topological polar surface area (TPSA) is 102 Å². The molecule has 2 aromatic heterocycles. The highest BCUT2D eigenvalue weighted by Crippen LogP contribution is 2.31. The third kappa shape index (κ3) is 3.58. The van der Waals surface area contributed by atoms with E-state index < -0.39 is 10.0 Å². The van der Waals surface area contributed by atoms with Gasteiger partial charge in [-0.1, -0.05) is 6.07 Å². The van der Waals surface area contributed by atoms with Gasteiger partial charge in [0.25, 0.3) is 5.91 Å². The summed E-state index contributed by atoms with van der Waals surface area (Å²) >= 11 is 0. The minimum Gasteiger partial charge on any atom is -0.440 e. The van der Waals surface area contributed by atoms with Crippen LogP contribution >= 0.6 is 0 Å².